The molecule has 0 bridgehead atoms. The fourth-order valence-corrected chi connectivity index (χ4v) is 0.838. The van der Waals surface area contributed by atoms with E-state index in [1.165, 1.54) is 0 Å². The molecule has 1 saturated carbocycles. The molecule has 1 aliphatic heterocycles. The van der Waals surface area contributed by atoms with E-state index in [-0.39, 0.29) is 5.91 Å². The summed E-state index contributed by atoms with van der Waals surface area (Å²) in [5.74, 6) is 0.713. The molecular formula is C4H5NO. The quantitative estimate of drug-likeness (QED) is 0.393. The highest BCUT2D eigenvalue weighted by Crippen LogP contribution is 2.38. The van der Waals surface area contributed by atoms with Crippen LogP contribution in [-0.4, -0.2) is 11.9 Å². The average Bonchev–Trinajstić information content (AvgIpc) is 2.12. The molecule has 1 saturated heterocycles. The van der Waals surface area contributed by atoms with Crippen LogP contribution in [-0.2, 0) is 4.79 Å². The molecule has 0 spiro atoms. The summed E-state index contributed by atoms with van der Waals surface area (Å²) < 4.78 is 0. The fraction of sp³-hybridized carbons (Fsp3) is 0.750. The van der Waals surface area contributed by atoms with Crippen molar-refractivity contribution in [2.24, 2.45) is 5.92 Å². The molecule has 0 aromatic carbocycles. The number of hydrogen-bond acceptors (Lipinski definition) is 1. The molecule has 32 valence electrons. The van der Waals surface area contributed by atoms with Gasteiger partial charge >= 0.3 is 0 Å². The van der Waals surface area contributed by atoms with Gasteiger partial charge in [-0.05, 0) is 6.42 Å². The van der Waals surface area contributed by atoms with Gasteiger partial charge in [-0.2, -0.15) is 0 Å². The molecule has 1 heterocycles. The second-order valence-corrected chi connectivity index (χ2v) is 1.96. The number of carbonyl (C=O) groups excluding carboxylic acids is 1. The van der Waals surface area contributed by atoms with E-state index in [9.17, 15) is 4.79 Å². The van der Waals surface area contributed by atoms with Gasteiger partial charge in [0.15, 0.2) is 0 Å². The van der Waals surface area contributed by atoms with E-state index in [4.69, 9.17) is 0 Å². The van der Waals surface area contributed by atoms with Crippen molar-refractivity contribution in [1.29, 1.82) is 0 Å². The lowest BCUT2D eigenvalue weighted by atomic mass is 10.3. The van der Waals surface area contributed by atoms with Gasteiger partial charge in [0.2, 0.25) is 5.91 Å². The van der Waals surface area contributed by atoms with Gasteiger partial charge in [0.1, 0.15) is 0 Å². The second-order valence-electron chi connectivity index (χ2n) is 1.96. The standard InChI is InChI=1S/C4H5NO/c6-4-2-1-3(2)5-4/h2-3H,1H2,(H,5,6). The Balaban J connectivity index is 2.26. The lowest BCUT2D eigenvalue weighted by Gasteiger charge is -2.09. The SMILES string of the molecule is O=C1NC2CC12. The van der Waals surface area contributed by atoms with Crippen molar-refractivity contribution in [3.63, 3.8) is 0 Å². The third kappa shape index (κ3) is 0.117. The Labute approximate surface area is 35.5 Å². The maximum absolute atomic E-state index is 10.2. The number of nitrogens with one attached hydrogen (secondary N) is 1. The third-order valence-electron chi connectivity index (χ3n) is 1.45. The van der Waals surface area contributed by atoms with Crippen LogP contribution in [0.3, 0.4) is 0 Å². The molecule has 2 unspecified atom stereocenters. The zero-order valence-electron chi connectivity index (χ0n) is 3.27. The third-order valence-corrected chi connectivity index (χ3v) is 1.45. The zero-order valence-corrected chi connectivity index (χ0v) is 3.27. The first-order valence-electron chi connectivity index (χ1n) is 2.18. The Hall–Kier alpha value is -0.530. The summed E-state index contributed by atoms with van der Waals surface area (Å²) in [6.07, 6.45) is 1.11. The van der Waals surface area contributed by atoms with Crippen molar-refractivity contribution >= 4 is 5.91 Å². The number of amides is 1. The highest BCUT2D eigenvalue weighted by Gasteiger charge is 2.53. The molecule has 2 heteroatoms. The molecule has 1 amide bonds. The normalized spacial score (nSPS) is 49.0. The molecule has 2 rings (SSSR count). The Morgan fingerprint density at radius 3 is 2.67 bits per heavy atom. The smallest absolute Gasteiger partial charge is 0.225 e. The molecule has 1 N–H and O–H groups in total. The van der Waals surface area contributed by atoms with E-state index in [0.717, 1.165) is 6.42 Å². The minimum absolute atomic E-state index is 0.264. The molecule has 0 radical (unpaired) electrons. The second kappa shape index (κ2) is 0.491. The Morgan fingerprint density at radius 1 is 1.83 bits per heavy atom. The summed E-state index contributed by atoms with van der Waals surface area (Å²) in [5, 5.41) is 2.74. The monoisotopic (exact) mass is 83.0 g/mol. The van der Waals surface area contributed by atoms with Crippen molar-refractivity contribution < 1.29 is 4.79 Å². The summed E-state index contributed by atoms with van der Waals surface area (Å²) >= 11 is 0. The minimum atomic E-state index is 0.264. The van der Waals surface area contributed by atoms with Crippen LogP contribution in [0.5, 0.6) is 0 Å². The van der Waals surface area contributed by atoms with Crippen LogP contribution in [0.4, 0.5) is 0 Å². The van der Waals surface area contributed by atoms with Crippen LogP contribution in [0.1, 0.15) is 6.42 Å². The van der Waals surface area contributed by atoms with Crippen molar-refractivity contribution in [3.05, 3.63) is 0 Å². The first-order valence-corrected chi connectivity index (χ1v) is 2.18. The van der Waals surface area contributed by atoms with Crippen LogP contribution >= 0.6 is 0 Å². The largest absolute Gasteiger partial charge is 0.352 e. The van der Waals surface area contributed by atoms with Crippen LogP contribution in [0.15, 0.2) is 0 Å². The van der Waals surface area contributed by atoms with Crippen molar-refractivity contribution in [3.8, 4) is 0 Å². The minimum Gasteiger partial charge on any atom is -0.352 e. The Bertz CT molecular complexity index is 110. The summed E-state index contributed by atoms with van der Waals surface area (Å²) in [6.45, 7) is 0. The summed E-state index contributed by atoms with van der Waals surface area (Å²) in [6, 6.07) is 0.609. The van der Waals surface area contributed by atoms with Gasteiger partial charge in [-0.25, -0.2) is 0 Å². The van der Waals surface area contributed by atoms with E-state index >= 15 is 0 Å². The maximum Gasteiger partial charge on any atom is 0.225 e. The van der Waals surface area contributed by atoms with Gasteiger partial charge in [0.25, 0.3) is 0 Å². The van der Waals surface area contributed by atoms with Crippen LogP contribution in [0.25, 0.3) is 0 Å². The lowest BCUT2D eigenvalue weighted by Crippen LogP contribution is -2.39. The molecule has 6 heavy (non-hydrogen) atoms. The predicted molar refractivity (Wildman–Crippen MR) is 20.0 cm³/mol. The molecule has 1 aliphatic carbocycles. The molecule has 2 fully saturated rings. The van der Waals surface area contributed by atoms with Gasteiger partial charge in [0, 0.05) is 6.04 Å². The van der Waals surface area contributed by atoms with E-state index in [1.807, 2.05) is 0 Å². The van der Waals surface area contributed by atoms with Crippen LogP contribution < -0.4 is 5.32 Å². The zero-order chi connectivity index (χ0) is 4.15. The first kappa shape index (κ1) is 2.61. The number of carbonyl (C=O) groups is 1. The van der Waals surface area contributed by atoms with Gasteiger partial charge < -0.3 is 5.32 Å². The van der Waals surface area contributed by atoms with Gasteiger partial charge in [-0.3, -0.25) is 4.79 Å². The maximum atomic E-state index is 10.2. The summed E-state index contributed by atoms with van der Waals surface area (Å²) in [4.78, 5) is 10.2. The molecule has 2 atom stereocenters. The van der Waals surface area contributed by atoms with Gasteiger partial charge in [-0.1, -0.05) is 0 Å². The van der Waals surface area contributed by atoms with E-state index in [2.05, 4.69) is 5.32 Å². The van der Waals surface area contributed by atoms with Gasteiger partial charge in [-0.15, -0.1) is 0 Å². The Morgan fingerprint density at radius 2 is 2.67 bits per heavy atom. The molecular weight excluding hydrogens is 78.0 g/mol. The average molecular weight is 83.1 g/mol. The summed E-state index contributed by atoms with van der Waals surface area (Å²) in [7, 11) is 0. The van der Waals surface area contributed by atoms with E-state index in [0.29, 0.717) is 12.0 Å². The highest BCUT2D eigenvalue weighted by atomic mass is 16.2. The molecule has 0 aromatic rings. The molecule has 2 aliphatic rings. The van der Waals surface area contributed by atoms with Crippen molar-refractivity contribution in [2.45, 2.75) is 12.5 Å². The number of rotatable bonds is 0. The topological polar surface area (TPSA) is 29.1 Å². The lowest BCUT2D eigenvalue weighted by molar-refractivity contribution is -0.126. The van der Waals surface area contributed by atoms with Crippen molar-refractivity contribution in [1.82, 2.24) is 5.32 Å². The predicted octanol–water partition coefficient (Wildman–Crippen LogP) is -0.495. The van der Waals surface area contributed by atoms with E-state index < -0.39 is 0 Å². The fourth-order valence-electron chi connectivity index (χ4n) is 0.838. The van der Waals surface area contributed by atoms with Crippen LogP contribution in [0.2, 0.25) is 0 Å². The van der Waals surface area contributed by atoms with Gasteiger partial charge in [0.05, 0.1) is 5.92 Å². The highest BCUT2D eigenvalue weighted by molar-refractivity contribution is 5.90. The van der Waals surface area contributed by atoms with Crippen molar-refractivity contribution in [2.75, 3.05) is 0 Å². The molecule has 2 nitrogen and oxygen atoms in total. The number of β-lactam (4-membered cyclic amide) rings is 1. The van der Waals surface area contributed by atoms with Crippen LogP contribution in [0, 0.1) is 5.92 Å². The number of hydrogen-bond donors (Lipinski definition) is 1. The summed E-state index contributed by atoms with van der Waals surface area (Å²) in [5.41, 5.74) is 0. The van der Waals surface area contributed by atoms with E-state index in [1.54, 1.807) is 0 Å². The number of fused-ring (bicyclic) bond motifs is 1. The Kier molecular flexibility index (Phi) is 0.214. The first-order chi connectivity index (χ1) is 2.88. The molecule has 0 aromatic heterocycles.